The van der Waals surface area contributed by atoms with Crippen molar-refractivity contribution in [3.63, 3.8) is 0 Å². The topological polar surface area (TPSA) is 78.5 Å². The molecule has 1 aliphatic heterocycles. The molecular formula is C21H26ClN3O3S. The van der Waals surface area contributed by atoms with E-state index in [1.54, 1.807) is 12.1 Å². The van der Waals surface area contributed by atoms with Crippen molar-refractivity contribution >= 4 is 33.2 Å². The van der Waals surface area contributed by atoms with Crippen LogP contribution in [0.5, 0.6) is 0 Å². The van der Waals surface area contributed by atoms with Gasteiger partial charge >= 0.3 is 0 Å². The molecule has 0 saturated carbocycles. The molecule has 6 nitrogen and oxygen atoms in total. The first kappa shape index (κ1) is 21.6. The zero-order valence-corrected chi connectivity index (χ0v) is 18.1. The molecule has 0 aliphatic carbocycles. The lowest BCUT2D eigenvalue weighted by Crippen LogP contribution is -2.45. The quantitative estimate of drug-likeness (QED) is 0.728. The summed E-state index contributed by atoms with van der Waals surface area (Å²) in [5.41, 5.74) is 1.52. The Bertz CT molecular complexity index is 953. The first-order valence-corrected chi connectivity index (χ1v) is 11.5. The number of hydrogen-bond acceptors (Lipinski definition) is 4. The summed E-state index contributed by atoms with van der Waals surface area (Å²) in [7, 11) is -3.59. The van der Waals surface area contributed by atoms with Crippen LogP contribution in [0.15, 0.2) is 53.4 Å². The van der Waals surface area contributed by atoms with Crippen molar-refractivity contribution in [2.45, 2.75) is 43.7 Å². The van der Waals surface area contributed by atoms with Gasteiger partial charge in [-0.1, -0.05) is 23.7 Å². The van der Waals surface area contributed by atoms with Crippen molar-refractivity contribution in [2.24, 2.45) is 0 Å². The van der Waals surface area contributed by atoms with Gasteiger partial charge in [-0.15, -0.1) is 0 Å². The molecule has 1 aliphatic rings. The first-order chi connectivity index (χ1) is 13.8. The molecule has 2 aromatic carbocycles. The van der Waals surface area contributed by atoms with Gasteiger partial charge in [0.1, 0.15) is 0 Å². The molecule has 0 spiro atoms. The lowest BCUT2D eigenvalue weighted by molar-refractivity contribution is 0.0943. The van der Waals surface area contributed by atoms with E-state index in [2.05, 4.69) is 14.9 Å². The number of anilines is 1. The number of carbonyl (C=O) groups is 1. The number of nitrogens with one attached hydrogen (secondary N) is 2. The Labute approximate surface area is 177 Å². The van der Waals surface area contributed by atoms with Gasteiger partial charge in [0, 0.05) is 35.9 Å². The standard InChI is InChI=1S/C21H26ClN3O3S/c1-15(2)23-21(26)19-5-3-4-6-20(19)25-13-11-17(12-14-25)24-29(27,28)18-9-7-16(22)8-10-18/h3-10,15,17,24H,11-14H2,1-2H3,(H,23,26). The number of nitrogens with zero attached hydrogens (tertiary/aromatic N) is 1. The molecular weight excluding hydrogens is 410 g/mol. The van der Waals surface area contributed by atoms with Crippen molar-refractivity contribution in [3.05, 3.63) is 59.1 Å². The summed E-state index contributed by atoms with van der Waals surface area (Å²) in [6.45, 7) is 5.19. The highest BCUT2D eigenvalue weighted by molar-refractivity contribution is 7.89. The van der Waals surface area contributed by atoms with Crippen molar-refractivity contribution in [2.75, 3.05) is 18.0 Å². The molecule has 2 aromatic rings. The van der Waals surface area contributed by atoms with Crippen LogP contribution in [0.1, 0.15) is 37.0 Å². The summed E-state index contributed by atoms with van der Waals surface area (Å²) in [5, 5.41) is 3.43. The Balaban J connectivity index is 1.65. The van der Waals surface area contributed by atoms with Crippen LogP contribution in [0.2, 0.25) is 5.02 Å². The summed E-state index contributed by atoms with van der Waals surface area (Å²) in [6.07, 6.45) is 1.32. The normalized spacial score (nSPS) is 15.5. The molecule has 8 heteroatoms. The number of rotatable bonds is 6. The number of amides is 1. The van der Waals surface area contributed by atoms with Crippen molar-refractivity contribution in [3.8, 4) is 0 Å². The van der Waals surface area contributed by atoms with Crippen LogP contribution in [0.4, 0.5) is 5.69 Å². The summed E-state index contributed by atoms with van der Waals surface area (Å²) in [5.74, 6) is -0.0961. The minimum atomic E-state index is -3.59. The van der Waals surface area contributed by atoms with Crippen LogP contribution in [-0.2, 0) is 10.0 Å². The fraction of sp³-hybridized carbons (Fsp3) is 0.381. The predicted molar refractivity (Wildman–Crippen MR) is 116 cm³/mol. The highest BCUT2D eigenvalue weighted by Crippen LogP contribution is 2.25. The van der Waals surface area contributed by atoms with Gasteiger partial charge in [0.05, 0.1) is 10.5 Å². The van der Waals surface area contributed by atoms with E-state index in [1.807, 2.05) is 38.1 Å². The third-order valence-electron chi connectivity index (χ3n) is 4.85. The minimum absolute atomic E-state index is 0.0589. The van der Waals surface area contributed by atoms with Crippen LogP contribution >= 0.6 is 11.6 Å². The average molecular weight is 436 g/mol. The number of benzene rings is 2. The van der Waals surface area contributed by atoms with Crippen molar-refractivity contribution < 1.29 is 13.2 Å². The third-order valence-corrected chi connectivity index (χ3v) is 6.64. The summed E-state index contributed by atoms with van der Waals surface area (Å²) >= 11 is 5.84. The predicted octanol–water partition coefficient (Wildman–Crippen LogP) is 3.43. The molecule has 0 radical (unpaired) electrons. The Morgan fingerprint density at radius 2 is 1.69 bits per heavy atom. The van der Waals surface area contributed by atoms with Gasteiger partial charge in [-0.25, -0.2) is 13.1 Å². The summed E-state index contributed by atoms with van der Waals surface area (Å²) in [6, 6.07) is 13.6. The zero-order chi connectivity index (χ0) is 21.0. The van der Waals surface area contributed by atoms with E-state index >= 15 is 0 Å². The lowest BCUT2D eigenvalue weighted by atomic mass is 10.0. The molecule has 2 N–H and O–H groups in total. The summed E-state index contributed by atoms with van der Waals surface area (Å²) in [4.78, 5) is 14.9. The fourth-order valence-corrected chi connectivity index (χ4v) is 4.85. The average Bonchev–Trinajstić information content (AvgIpc) is 2.68. The van der Waals surface area contributed by atoms with E-state index in [-0.39, 0.29) is 22.9 Å². The van der Waals surface area contributed by atoms with Crippen LogP contribution in [0.3, 0.4) is 0 Å². The molecule has 1 amide bonds. The molecule has 0 aromatic heterocycles. The van der Waals surface area contributed by atoms with E-state index in [1.165, 1.54) is 12.1 Å². The van der Waals surface area contributed by atoms with E-state index in [0.29, 0.717) is 36.5 Å². The molecule has 29 heavy (non-hydrogen) atoms. The maximum atomic E-state index is 12.6. The number of hydrogen-bond donors (Lipinski definition) is 2. The monoisotopic (exact) mass is 435 g/mol. The van der Waals surface area contributed by atoms with Gasteiger partial charge in [-0.05, 0) is 63.1 Å². The molecule has 156 valence electrons. The van der Waals surface area contributed by atoms with Crippen LogP contribution in [0, 0.1) is 0 Å². The SMILES string of the molecule is CC(C)NC(=O)c1ccccc1N1CCC(NS(=O)(=O)c2ccc(Cl)cc2)CC1. The maximum absolute atomic E-state index is 12.6. The second-order valence-electron chi connectivity index (χ2n) is 7.48. The van der Waals surface area contributed by atoms with Crippen LogP contribution in [0.25, 0.3) is 0 Å². The molecule has 1 saturated heterocycles. The second-order valence-corrected chi connectivity index (χ2v) is 9.63. The largest absolute Gasteiger partial charge is 0.371 e. The molecule has 1 fully saturated rings. The second kappa shape index (κ2) is 9.15. The van der Waals surface area contributed by atoms with E-state index in [4.69, 9.17) is 11.6 Å². The third kappa shape index (κ3) is 5.50. The highest BCUT2D eigenvalue weighted by atomic mass is 35.5. The lowest BCUT2D eigenvalue weighted by Gasteiger charge is -2.34. The molecule has 1 heterocycles. The fourth-order valence-electron chi connectivity index (χ4n) is 3.42. The zero-order valence-electron chi connectivity index (χ0n) is 16.6. The minimum Gasteiger partial charge on any atom is -0.371 e. The Hall–Kier alpha value is -2.09. The first-order valence-electron chi connectivity index (χ1n) is 9.69. The van der Waals surface area contributed by atoms with Gasteiger partial charge in [-0.3, -0.25) is 4.79 Å². The number of halogens is 1. The van der Waals surface area contributed by atoms with Gasteiger partial charge in [0.2, 0.25) is 10.0 Å². The molecule has 3 rings (SSSR count). The van der Waals surface area contributed by atoms with Gasteiger partial charge in [0.15, 0.2) is 0 Å². The molecule has 0 unspecified atom stereocenters. The van der Waals surface area contributed by atoms with E-state index < -0.39 is 10.0 Å². The molecule has 0 atom stereocenters. The van der Waals surface area contributed by atoms with Crippen LogP contribution < -0.4 is 14.9 Å². The number of carbonyl (C=O) groups excluding carboxylic acids is 1. The van der Waals surface area contributed by atoms with E-state index in [9.17, 15) is 13.2 Å². The van der Waals surface area contributed by atoms with Crippen molar-refractivity contribution in [1.82, 2.24) is 10.0 Å². The van der Waals surface area contributed by atoms with Gasteiger partial charge in [-0.2, -0.15) is 0 Å². The van der Waals surface area contributed by atoms with Gasteiger partial charge < -0.3 is 10.2 Å². The Morgan fingerprint density at radius 1 is 1.07 bits per heavy atom. The number of para-hydroxylation sites is 1. The van der Waals surface area contributed by atoms with Crippen LogP contribution in [-0.4, -0.2) is 39.5 Å². The highest BCUT2D eigenvalue weighted by Gasteiger charge is 2.26. The summed E-state index contributed by atoms with van der Waals surface area (Å²) < 4.78 is 28.0. The molecule has 0 bridgehead atoms. The maximum Gasteiger partial charge on any atom is 0.253 e. The van der Waals surface area contributed by atoms with E-state index in [0.717, 1.165) is 5.69 Å². The number of sulfonamides is 1. The van der Waals surface area contributed by atoms with Crippen molar-refractivity contribution in [1.29, 1.82) is 0 Å². The van der Waals surface area contributed by atoms with Gasteiger partial charge in [0.25, 0.3) is 5.91 Å². The Kier molecular flexibility index (Phi) is 6.82. The Morgan fingerprint density at radius 3 is 2.31 bits per heavy atom. The smallest absolute Gasteiger partial charge is 0.253 e. The number of piperidine rings is 1.